The highest BCUT2D eigenvalue weighted by Gasteiger charge is 2.29. The van der Waals surface area contributed by atoms with Gasteiger partial charge in [0.1, 0.15) is 5.75 Å². The molecule has 1 amide bonds. The Labute approximate surface area is 191 Å². The molecular weight excluding hydrogens is 478 g/mol. The molecule has 0 radical (unpaired) electrons. The van der Waals surface area contributed by atoms with Gasteiger partial charge in [-0.1, -0.05) is 40.2 Å². The van der Waals surface area contributed by atoms with Gasteiger partial charge in [-0.3, -0.25) is 14.4 Å². The van der Waals surface area contributed by atoms with Gasteiger partial charge in [0, 0.05) is 32.4 Å². The Morgan fingerprint density at radius 3 is 2.09 bits per heavy atom. The molecule has 0 spiro atoms. The lowest BCUT2D eigenvalue weighted by Gasteiger charge is -2.18. The fourth-order valence-corrected chi connectivity index (χ4v) is 3.50. The lowest BCUT2D eigenvalue weighted by atomic mass is 9.84. The zero-order valence-corrected chi connectivity index (χ0v) is 18.2. The van der Waals surface area contributed by atoms with Crippen LogP contribution in [0.25, 0.3) is 0 Å². The summed E-state index contributed by atoms with van der Waals surface area (Å²) in [4.78, 5) is 49.4. The number of hydrogen-bond donors (Lipinski definition) is 1. The summed E-state index contributed by atoms with van der Waals surface area (Å²) in [6, 6.07) is 18.0. The van der Waals surface area contributed by atoms with E-state index >= 15 is 0 Å². The van der Waals surface area contributed by atoms with Crippen LogP contribution in [-0.2, 0) is 14.3 Å². The molecule has 3 aromatic rings. The van der Waals surface area contributed by atoms with Crippen molar-refractivity contribution in [1.29, 1.82) is 0 Å². The molecule has 0 bridgehead atoms. The summed E-state index contributed by atoms with van der Waals surface area (Å²) < 4.78 is 11.1. The molecule has 0 aliphatic heterocycles. The molecule has 0 atom stereocenters. The van der Waals surface area contributed by atoms with E-state index in [1.807, 2.05) is 0 Å². The van der Waals surface area contributed by atoms with Crippen molar-refractivity contribution in [3.05, 3.63) is 93.5 Å². The van der Waals surface area contributed by atoms with Crippen molar-refractivity contribution in [3.63, 3.8) is 0 Å². The second kappa shape index (κ2) is 9.15. The molecule has 1 aliphatic rings. The van der Waals surface area contributed by atoms with Crippen LogP contribution in [-0.4, -0.2) is 36.7 Å². The zero-order valence-electron chi connectivity index (χ0n) is 16.6. The first-order valence-corrected chi connectivity index (χ1v) is 10.4. The highest BCUT2D eigenvalue weighted by atomic mass is 79.9. The van der Waals surface area contributed by atoms with E-state index < -0.39 is 18.5 Å². The van der Waals surface area contributed by atoms with Crippen molar-refractivity contribution >= 4 is 45.1 Å². The van der Waals surface area contributed by atoms with Gasteiger partial charge in [0.25, 0.3) is 5.91 Å². The van der Waals surface area contributed by atoms with Gasteiger partial charge >= 0.3 is 5.97 Å². The zero-order chi connectivity index (χ0) is 22.7. The highest BCUT2D eigenvalue weighted by molar-refractivity contribution is 9.10. The first-order chi connectivity index (χ1) is 15.4. The number of ketones is 2. The van der Waals surface area contributed by atoms with E-state index in [0.29, 0.717) is 22.6 Å². The quantitative estimate of drug-likeness (QED) is 0.410. The summed E-state index contributed by atoms with van der Waals surface area (Å²) >= 11 is 3.30. The summed E-state index contributed by atoms with van der Waals surface area (Å²) in [6.07, 6.45) is 0. The van der Waals surface area contributed by atoms with Gasteiger partial charge in [-0.15, -0.1) is 0 Å². The monoisotopic (exact) mass is 493 g/mol. The number of fused-ring (bicyclic) bond motifs is 2. The number of amides is 1. The van der Waals surface area contributed by atoms with Gasteiger partial charge in [0.2, 0.25) is 0 Å². The Bertz CT molecular complexity index is 1240. The fourth-order valence-electron chi connectivity index (χ4n) is 3.24. The lowest BCUT2D eigenvalue weighted by Crippen LogP contribution is -2.24. The summed E-state index contributed by atoms with van der Waals surface area (Å²) in [7, 11) is 0. The largest absolute Gasteiger partial charge is 0.482 e. The van der Waals surface area contributed by atoms with Crippen molar-refractivity contribution in [2.24, 2.45) is 0 Å². The molecular formula is C24H16BrNO6. The molecule has 1 N–H and O–H groups in total. The van der Waals surface area contributed by atoms with E-state index in [4.69, 9.17) is 9.47 Å². The van der Waals surface area contributed by atoms with Gasteiger partial charge in [-0.05, 0) is 42.5 Å². The van der Waals surface area contributed by atoms with Crippen LogP contribution in [0, 0.1) is 0 Å². The summed E-state index contributed by atoms with van der Waals surface area (Å²) in [5, 5.41) is 2.56. The summed E-state index contributed by atoms with van der Waals surface area (Å²) in [6.45, 7) is -0.862. The van der Waals surface area contributed by atoms with Crippen molar-refractivity contribution in [2.45, 2.75) is 0 Å². The molecule has 1 aliphatic carbocycles. The Morgan fingerprint density at radius 2 is 1.41 bits per heavy atom. The van der Waals surface area contributed by atoms with Crippen molar-refractivity contribution in [3.8, 4) is 5.75 Å². The molecule has 0 saturated carbocycles. The molecule has 0 fully saturated rings. The third-order valence-corrected chi connectivity index (χ3v) is 5.27. The van der Waals surface area contributed by atoms with Gasteiger partial charge < -0.3 is 14.8 Å². The topological polar surface area (TPSA) is 98.8 Å². The van der Waals surface area contributed by atoms with E-state index in [1.54, 1.807) is 48.5 Å². The van der Waals surface area contributed by atoms with Crippen LogP contribution in [0.5, 0.6) is 5.75 Å². The Morgan fingerprint density at radius 1 is 0.781 bits per heavy atom. The minimum atomic E-state index is -0.703. The van der Waals surface area contributed by atoms with Crippen LogP contribution >= 0.6 is 15.9 Å². The lowest BCUT2D eigenvalue weighted by molar-refractivity contribution is -0.149. The van der Waals surface area contributed by atoms with Gasteiger partial charge in [-0.2, -0.15) is 0 Å². The number of esters is 1. The van der Waals surface area contributed by atoms with Gasteiger partial charge in [-0.25, -0.2) is 4.79 Å². The second-order valence-corrected chi connectivity index (χ2v) is 7.83. The van der Waals surface area contributed by atoms with Crippen LogP contribution in [0.15, 0.2) is 71.2 Å². The maximum atomic E-state index is 12.8. The SMILES string of the molecule is O=C(COC(=O)COc1ccc(Br)cc1)Nc1ccc2c(c1)C(=O)c1ccccc1C2=O. The number of nitrogens with one attached hydrogen (secondary N) is 1. The number of ether oxygens (including phenoxy) is 2. The van der Waals surface area contributed by atoms with Crippen LogP contribution < -0.4 is 10.1 Å². The van der Waals surface area contributed by atoms with E-state index in [9.17, 15) is 19.2 Å². The average molecular weight is 494 g/mol. The van der Waals surface area contributed by atoms with Crippen LogP contribution in [0.4, 0.5) is 5.69 Å². The molecule has 8 heteroatoms. The third kappa shape index (κ3) is 4.60. The van der Waals surface area contributed by atoms with E-state index in [0.717, 1.165) is 4.47 Å². The predicted octanol–water partition coefficient (Wildman–Crippen LogP) is 3.79. The van der Waals surface area contributed by atoms with Crippen molar-refractivity contribution < 1.29 is 28.7 Å². The van der Waals surface area contributed by atoms with E-state index in [-0.39, 0.29) is 29.3 Å². The number of anilines is 1. The highest BCUT2D eigenvalue weighted by Crippen LogP contribution is 2.29. The number of carbonyl (C=O) groups is 4. The van der Waals surface area contributed by atoms with Gasteiger partial charge in [0.05, 0.1) is 0 Å². The van der Waals surface area contributed by atoms with E-state index in [1.165, 1.54) is 18.2 Å². The first-order valence-electron chi connectivity index (χ1n) is 9.58. The maximum Gasteiger partial charge on any atom is 0.344 e. The Hall–Kier alpha value is -3.78. The molecule has 0 saturated heterocycles. The number of carbonyl (C=O) groups excluding carboxylic acids is 4. The van der Waals surface area contributed by atoms with Gasteiger partial charge in [0.15, 0.2) is 24.8 Å². The predicted molar refractivity (Wildman–Crippen MR) is 119 cm³/mol. The van der Waals surface area contributed by atoms with Crippen LogP contribution in [0.1, 0.15) is 31.8 Å². The standard InChI is InChI=1S/C24H16BrNO6/c25-14-5-8-16(9-6-14)31-13-22(28)32-12-21(27)26-15-7-10-19-20(11-15)24(30)18-4-2-1-3-17(18)23(19)29/h1-11H,12-13H2,(H,26,27). The number of rotatable bonds is 6. The average Bonchev–Trinajstić information content (AvgIpc) is 2.81. The van der Waals surface area contributed by atoms with Crippen LogP contribution in [0.2, 0.25) is 0 Å². The third-order valence-electron chi connectivity index (χ3n) is 4.74. The minimum Gasteiger partial charge on any atom is -0.482 e. The smallest absolute Gasteiger partial charge is 0.344 e. The maximum absolute atomic E-state index is 12.8. The van der Waals surface area contributed by atoms with E-state index in [2.05, 4.69) is 21.2 Å². The second-order valence-electron chi connectivity index (χ2n) is 6.92. The normalized spacial score (nSPS) is 11.9. The molecule has 32 heavy (non-hydrogen) atoms. The Balaban J connectivity index is 1.34. The number of halogens is 1. The van der Waals surface area contributed by atoms with Crippen molar-refractivity contribution in [2.75, 3.05) is 18.5 Å². The first kappa shape index (κ1) is 21.5. The van der Waals surface area contributed by atoms with Crippen molar-refractivity contribution in [1.82, 2.24) is 0 Å². The van der Waals surface area contributed by atoms with Crippen LogP contribution in [0.3, 0.4) is 0 Å². The molecule has 3 aromatic carbocycles. The molecule has 0 unspecified atom stereocenters. The fraction of sp³-hybridized carbons (Fsp3) is 0.0833. The molecule has 160 valence electrons. The molecule has 0 aromatic heterocycles. The summed E-state index contributed by atoms with van der Waals surface area (Å²) in [5.74, 6) is -1.33. The Kier molecular flexibility index (Phi) is 6.13. The minimum absolute atomic E-state index is 0.214. The number of benzene rings is 3. The molecule has 4 rings (SSSR count). The molecule has 0 heterocycles. The summed E-state index contributed by atoms with van der Waals surface area (Å²) in [5.41, 5.74) is 1.50. The molecule has 7 nitrogen and oxygen atoms in total. The number of hydrogen-bond acceptors (Lipinski definition) is 6.